The highest BCUT2D eigenvalue weighted by Gasteiger charge is 2.37. The molecule has 4 aromatic carbocycles. The maximum atomic E-state index is 13.3. The number of aliphatic hydroxyl groups excluding tert-OH is 1. The van der Waals surface area contributed by atoms with E-state index in [0.717, 1.165) is 66.0 Å². The van der Waals surface area contributed by atoms with Crippen molar-refractivity contribution in [1.29, 1.82) is 0 Å². The Morgan fingerprint density at radius 1 is 0.688 bits per heavy atom. The normalized spacial score (nSPS) is 16.4. The second-order valence-electron chi connectivity index (χ2n) is 16.0. The average molecular weight is 875 g/mol. The Balaban J connectivity index is 0.000000178. The van der Waals surface area contributed by atoms with Gasteiger partial charge in [0.15, 0.2) is 0 Å². The molecule has 2 aliphatic heterocycles. The van der Waals surface area contributed by atoms with Crippen molar-refractivity contribution in [3.63, 3.8) is 0 Å². The first-order valence-corrected chi connectivity index (χ1v) is 21.4. The fraction of sp³-hybridized carbons (Fsp3) is 0.340. The molecule has 2 amide bonds. The van der Waals surface area contributed by atoms with Gasteiger partial charge in [-0.3, -0.25) is 14.4 Å². The number of aromatic nitrogens is 4. The number of hydrogen-bond acceptors (Lipinski definition) is 8. The van der Waals surface area contributed by atoms with Crippen LogP contribution in [0.3, 0.4) is 0 Å². The molecule has 0 bridgehead atoms. The number of piperidine rings is 2. The molecule has 2 fully saturated rings. The fourth-order valence-electron chi connectivity index (χ4n) is 8.09. The predicted molar refractivity (Wildman–Crippen MR) is 240 cm³/mol. The number of likely N-dealkylation sites (tertiary alicyclic amines) is 2. The highest BCUT2D eigenvalue weighted by molar-refractivity contribution is 5.81. The van der Waals surface area contributed by atoms with E-state index in [0.29, 0.717) is 42.0 Å². The van der Waals surface area contributed by atoms with Crippen LogP contribution >= 0.6 is 0 Å². The minimum Gasteiger partial charge on any atom is -0.495 e. The second-order valence-corrected chi connectivity index (χ2v) is 16.0. The highest BCUT2D eigenvalue weighted by atomic mass is 19.1. The van der Waals surface area contributed by atoms with Gasteiger partial charge in [0.05, 0.1) is 73.7 Å². The van der Waals surface area contributed by atoms with Crippen molar-refractivity contribution in [2.75, 3.05) is 27.3 Å². The van der Waals surface area contributed by atoms with Gasteiger partial charge < -0.3 is 33.5 Å². The van der Waals surface area contributed by atoms with Crippen LogP contribution in [0.25, 0.3) is 11.4 Å². The van der Waals surface area contributed by atoms with Gasteiger partial charge in [0.2, 0.25) is 11.8 Å². The van der Waals surface area contributed by atoms with Crippen LogP contribution < -0.4 is 9.47 Å². The highest BCUT2D eigenvalue weighted by Crippen LogP contribution is 2.37. The third-order valence-corrected chi connectivity index (χ3v) is 11.8. The Morgan fingerprint density at radius 3 is 1.69 bits per heavy atom. The van der Waals surface area contributed by atoms with Gasteiger partial charge in [-0.15, -0.1) is 0 Å². The first kappa shape index (κ1) is 46.8. The lowest BCUT2D eigenvalue weighted by Crippen LogP contribution is -2.44. The molecule has 1 N–H and O–H groups in total. The fourth-order valence-corrected chi connectivity index (χ4v) is 8.09. The number of hydrogen-bond donors (Lipinski definition) is 1. The van der Waals surface area contributed by atoms with Crippen LogP contribution in [0, 0.1) is 31.4 Å². The predicted octanol–water partition coefficient (Wildman–Crippen LogP) is 9.26. The number of aldehydes is 1. The van der Waals surface area contributed by atoms with Crippen LogP contribution in [0.1, 0.15) is 103 Å². The minimum atomic E-state index is -0.946. The molecule has 4 heterocycles. The smallest absolute Gasteiger partial charge is 0.229 e. The Bertz CT molecular complexity index is 2510. The van der Waals surface area contributed by atoms with Crippen molar-refractivity contribution >= 4 is 18.1 Å². The van der Waals surface area contributed by atoms with Gasteiger partial charge >= 0.3 is 0 Å². The SMILES string of the molecule is COc1cc(C(O)C2CCCN([C@@H](C)c3ccc(F)cc3)C2=O)ccc1-n1cnc(C)c1.COc1cc(C=O)ccc1-n1cnc(C)c1.C[C@@H](c1ccc(F)cc1)N1CCCCC1=O. The third-order valence-electron chi connectivity index (χ3n) is 11.8. The topological polar surface area (TPSA) is 132 Å². The molecule has 2 aromatic heterocycles. The van der Waals surface area contributed by atoms with Crippen LogP contribution in [0.2, 0.25) is 0 Å². The van der Waals surface area contributed by atoms with Crippen molar-refractivity contribution in [2.24, 2.45) is 5.92 Å². The quantitative estimate of drug-likeness (QED) is 0.128. The molecule has 64 heavy (non-hydrogen) atoms. The first-order valence-electron chi connectivity index (χ1n) is 21.4. The monoisotopic (exact) mass is 874 g/mol. The van der Waals surface area contributed by atoms with Crippen LogP contribution in [-0.2, 0) is 9.59 Å². The Hall–Kier alpha value is -6.67. The summed E-state index contributed by atoms with van der Waals surface area (Å²) in [6, 6.07) is 23.2. The molecule has 0 aliphatic carbocycles. The number of carbonyl (C=O) groups is 3. The van der Waals surface area contributed by atoms with Gasteiger partial charge in [-0.05, 0) is 125 Å². The zero-order chi connectivity index (χ0) is 45.9. The number of ether oxygens (including phenoxy) is 2. The molecule has 6 aromatic rings. The number of aliphatic hydroxyl groups is 1. The first-order chi connectivity index (χ1) is 30.8. The van der Waals surface area contributed by atoms with E-state index in [1.165, 1.54) is 24.3 Å². The number of rotatable bonds is 11. The second kappa shape index (κ2) is 21.6. The molecule has 12 nitrogen and oxygen atoms in total. The molecule has 14 heteroatoms. The summed E-state index contributed by atoms with van der Waals surface area (Å²) >= 11 is 0. The van der Waals surface area contributed by atoms with Crippen LogP contribution in [0.4, 0.5) is 8.78 Å². The zero-order valence-electron chi connectivity index (χ0n) is 37.2. The van der Waals surface area contributed by atoms with E-state index in [1.54, 1.807) is 74.2 Å². The zero-order valence-corrected chi connectivity index (χ0v) is 37.2. The van der Waals surface area contributed by atoms with E-state index in [1.807, 2.05) is 72.3 Å². The van der Waals surface area contributed by atoms with E-state index in [4.69, 9.17) is 9.47 Å². The van der Waals surface area contributed by atoms with Gasteiger partial charge in [-0.25, -0.2) is 18.7 Å². The molecule has 2 saturated heterocycles. The number of benzene rings is 4. The Morgan fingerprint density at radius 2 is 1.19 bits per heavy atom. The molecular formula is C50H56F2N6O6. The summed E-state index contributed by atoms with van der Waals surface area (Å²) in [5.41, 5.74) is 6.60. The maximum Gasteiger partial charge on any atom is 0.229 e. The number of carbonyl (C=O) groups excluding carboxylic acids is 3. The van der Waals surface area contributed by atoms with Crippen molar-refractivity contribution in [3.8, 4) is 22.9 Å². The summed E-state index contributed by atoms with van der Waals surface area (Å²) < 4.78 is 40.6. The standard InChI is InChI=1S/C25H28FN3O3.C13H16FNO.C12H12N2O2/c1-16-14-28(15-27-16)22-11-8-19(13-23(22)32-3)24(30)21-5-4-12-29(25(21)31)17(2)18-6-9-20(26)10-7-18;1-10(11-5-7-12(14)8-6-11)15-9-3-2-4-13(15)16;1-9-6-14(8-13-9)11-4-3-10(7-15)5-12(11)16-2/h6-11,13-15,17,21,24,30H,4-5,12H2,1-3H3;5-8,10H,2-4,9H2,1H3;3-8H,1-2H3/t17-,21?,24?;10-;/m00./s1. The lowest BCUT2D eigenvalue weighted by Gasteiger charge is -2.38. The number of amides is 2. The lowest BCUT2D eigenvalue weighted by atomic mass is 9.86. The molecule has 2 aliphatic rings. The lowest BCUT2D eigenvalue weighted by molar-refractivity contribution is -0.145. The van der Waals surface area contributed by atoms with Crippen molar-refractivity contribution in [2.45, 2.75) is 78.0 Å². The molecule has 8 rings (SSSR count). The van der Waals surface area contributed by atoms with Crippen LogP contribution in [0.15, 0.2) is 110 Å². The van der Waals surface area contributed by atoms with Gasteiger partial charge in [0.25, 0.3) is 0 Å². The van der Waals surface area contributed by atoms with E-state index >= 15 is 0 Å². The summed E-state index contributed by atoms with van der Waals surface area (Å²) in [5.74, 6) is 0.291. The summed E-state index contributed by atoms with van der Waals surface area (Å²) in [6.07, 6.45) is 11.2. The van der Waals surface area contributed by atoms with Gasteiger partial charge in [0.1, 0.15) is 29.4 Å². The van der Waals surface area contributed by atoms with Gasteiger partial charge in [-0.2, -0.15) is 0 Å². The van der Waals surface area contributed by atoms with Crippen molar-refractivity contribution in [3.05, 3.63) is 155 Å². The average Bonchev–Trinajstić information content (AvgIpc) is 3.96. The molecule has 4 atom stereocenters. The number of methoxy groups -OCH3 is 2. The maximum absolute atomic E-state index is 13.3. The Labute approximate surface area is 373 Å². The van der Waals surface area contributed by atoms with E-state index in [9.17, 15) is 28.3 Å². The number of imidazole rings is 2. The van der Waals surface area contributed by atoms with Crippen LogP contribution in [0.5, 0.6) is 11.5 Å². The van der Waals surface area contributed by atoms with Gasteiger partial charge in [0, 0.05) is 37.5 Å². The van der Waals surface area contributed by atoms with Crippen molar-refractivity contribution < 1.29 is 37.7 Å². The summed E-state index contributed by atoms with van der Waals surface area (Å²) in [7, 11) is 3.16. The van der Waals surface area contributed by atoms with Crippen LogP contribution in [-0.4, -0.2) is 79.4 Å². The van der Waals surface area contributed by atoms with Crippen molar-refractivity contribution in [1.82, 2.24) is 28.9 Å². The summed E-state index contributed by atoms with van der Waals surface area (Å²) in [6.45, 7) is 9.19. The molecule has 336 valence electrons. The van der Waals surface area contributed by atoms with E-state index in [2.05, 4.69) is 9.97 Å². The summed E-state index contributed by atoms with van der Waals surface area (Å²) in [5, 5.41) is 11.1. The molecule has 2 unspecified atom stereocenters. The van der Waals surface area contributed by atoms with E-state index in [-0.39, 0.29) is 35.5 Å². The molecule has 0 saturated carbocycles. The number of halogens is 2. The number of aryl methyl sites for hydroxylation is 2. The molecule has 0 spiro atoms. The molecule has 0 radical (unpaired) electrons. The largest absolute Gasteiger partial charge is 0.495 e. The minimum absolute atomic E-state index is 0.0494. The van der Waals surface area contributed by atoms with Gasteiger partial charge in [-0.1, -0.05) is 30.3 Å². The third kappa shape index (κ3) is 11.3. The molecular weight excluding hydrogens is 819 g/mol. The number of nitrogens with zero attached hydrogens (tertiary/aromatic N) is 6. The van der Waals surface area contributed by atoms with E-state index < -0.39 is 12.0 Å². The summed E-state index contributed by atoms with van der Waals surface area (Å²) in [4.78, 5) is 47.8. The Kier molecular flexibility index (Phi) is 15.8.